The molecule has 1 aliphatic heterocycles. The molecule has 5 aliphatic rings. The third-order valence-corrected chi connectivity index (χ3v) is 12.4. The minimum atomic E-state index is -0.588. The Bertz CT molecular complexity index is 717. The molecule has 10 atom stereocenters. The SMILES string of the molecule is CC(C)CCC[C@@H](C)[C@H]1CC[C@@]2(CC3CO3)[C@@H]3CC[C@@]4(C)C[C@@H](O)CC[C@]4(O)[C@H]3CC[C@]12C. The Balaban J connectivity index is 1.44. The summed E-state index contributed by atoms with van der Waals surface area (Å²) in [5.41, 5.74) is 0.0185. The van der Waals surface area contributed by atoms with E-state index in [2.05, 4.69) is 34.6 Å². The second-order valence-corrected chi connectivity index (χ2v) is 14.4. The van der Waals surface area contributed by atoms with Crippen LogP contribution in [0.1, 0.15) is 118 Å². The van der Waals surface area contributed by atoms with Crippen LogP contribution >= 0.6 is 0 Å². The zero-order chi connectivity index (χ0) is 23.6. The molecule has 0 aromatic rings. The van der Waals surface area contributed by atoms with Crippen molar-refractivity contribution in [2.75, 3.05) is 6.61 Å². The molecule has 0 spiro atoms. The number of epoxide rings is 1. The van der Waals surface area contributed by atoms with E-state index in [9.17, 15) is 10.2 Å². The van der Waals surface area contributed by atoms with Crippen LogP contribution in [-0.4, -0.2) is 34.6 Å². The Morgan fingerprint density at radius 1 is 0.909 bits per heavy atom. The van der Waals surface area contributed by atoms with Crippen LogP contribution < -0.4 is 0 Å². The smallest absolute Gasteiger partial charge is 0.0815 e. The Hall–Kier alpha value is -0.120. The van der Waals surface area contributed by atoms with Crippen LogP contribution in [0.3, 0.4) is 0 Å². The first-order chi connectivity index (χ1) is 15.5. The minimum Gasteiger partial charge on any atom is -0.393 e. The van der Waals surface area contributed by atoms with Gasteiger partial charge in [-0.1, -0.05) is 53.9 Å². The van der Waals surface area contributed by atoms with E-state index < -0.39 is 5.60 Å². The van der Waals surface area contributed by atoms with Gasteiger partial charge < -0.3 is 14.9 Å². The van der Waals surface area contributed by atoms with E-state index in [0.29, 0.717) is 28.8 Å². The van der Waals surface area contributed by atoms with E-state index >= 15 is 0 Å². The topological polar surface area (TPSA) is 53.0 Å². The van der Waals surface area contributed by atoms with Gasteiger partial charge in [-0.2, -0.15) is 0 Å². The van der Waals surface area contributed by atoms with Crippen molar-refractivity contribution in [1.29, 1.82) is 0 Å². The maximum atomic E-state index is 12.3. The van der Waals surface area contributed by atoms with Crippen molar-refractivity contribution in [3.63, 3.8) is 0 Å². The zero-order valence-electron chi connectivity index (χ0n) is 22.2. The Morgan fingerprint density at radius 3 is 2.33 bits per heavy atom. The molecule has 0 aromatic carbocycles. The molecular formula is C30H52O3. The third kappa shape index (κ3) is 3.77. The lowest BCUT2D eigenvalue weighted by molar-refractivity contribution is -0.248. The number of rotatable bonds is 7. The molecule has 4 saturated carbocycles. The van der Waals surface area contributed by atoms with Gasteiger partial charge in [0.2, 0.25) is 0 Å². The van der Waals surface area contributed by atoms with Gasteiger partial charge in [0.25, 0.3) is 0 Å². The summed E-state index contributed by atoms with van der Waals surface area (Å²) in [6.45, 7) is 13.2. The molecule has 190 valence electrons. The molecule has 4 aliphatic carbocycles. The molecule has 0 radical (unpaired) electrons. The molecule has 3 nitrogen and oxygen atoms in total. The fraction of sp³-hybridized carbons (Fsp3) is 1.00. The quantitative estimate of drug-likeness (QED) is 0.414. The third-order valence-electron chi connectivity index (χ3n) is 12.4. The van der Waals surface area contributed by atoms with Gasteiger partial charge in [-0.15, -0.1) is 0 Å². The minimum absolute atomic E-state index is 0.112. The van der Waals surface area contributed by atoms with Gasteiger partial charge in [0.1, 0.15) is 0 Å². The number of hydrogen-bond donors (Lipinski definition) is 2. The summed E-state index contributed by atoms with van der Waals surface area (Å²) in [4.78, 5) is 0. The summed E-state index contributed by atoms with van der Waals surface area (Å²) in [5.74, 6) is 3.46. The average Bonchev–Trinajstić information content (AvgIpc) is 3.49. The molecule has 0 amide bonds. The number of aliphatic hydroxyl groups excluding tert-OH is 1. The lowest BCUT2D eigenvalue weighted by Gasteiger charge is -2.67. The van der Waals surface area contributed by atoms with Crippen molar-refractivity contribution in [3.8, 4) is 0 Å². The first-order valence-corrected chi connectivity index (χ1v) is 14.6. The molecule has 3 heteroatoms. The fourth-order valence-electron chi connectivity index (χ4n) is 10.5. The summed E-state index contributed by atoms with van der Waals surface area (Å²) < 4.78 is 5.90. The molecule has 5 fully saturated rings. The van der Waals surface area contributed by atoms with Gasteiger partial charge in [-0.3, -0.25) is 0 Å². The second-order valence-electron chi connectivity index (χ2n) is 14.4. The van der Waals surface area contributed by atoms with E-state index in [1.165, 1.54) is 57.8 Å². The van der Waals surface area contributed by atoms with Crippen LogP contribution in [0.5, 0.6) is 0 Å². The van der Waals surface area contributed by atoms with Crippen molar-refractivity contribution in [2.45, 2.75) is 136 Å². The molecule has 5 rings (SSSR count). The summed E-state index contributed by atoms with van der Waals surface area (Å²) in [5, 5.41) is 22.8. The maximum absolute atomic E-state index is 12.3. The second kappa shape index (κ2) is 8.48. The lowest BCUT2D eigenvalue weighted by Crippen LogP contribution is -2.66. The van der Waals surface area contributed by atoms with E-state index in [-0.39, 0.29) is 11.5 Å². The highest BCUT2D eigenvalue weighted by atomic mass is 16.6. The summed E-state index contributed by atoms with van der Waals surface area (Å²) in [6, 6.07) is 0. The first-order valence-electron chi connectivity index (χ1n) is 14.6. The van der Waals surface area contributed by atoms with Crippen LogP contribution in [-0.2, 0) is 4.74 Å². The average molecular weight is 461 g/mol. The highest BCUT2D eigenvalue weighted by Gasteiger charge is 2.70. The summed E-state index contributed by atoms with van der Waals surface area (Å²) in [7, 11) is 0. The number of ether oxygens (including phenoxy) is 1. The van der Waals surface area contributed by atoms with Crippen molar-refractivity contribution < 1.29 is 14.9 Å². The maximum Gasteiger partial charge on any atom is 0.0815 e. The molecule has 0 aromatic heterocycles. The van der Waals surface area contributed by atoms with Gasteiger partial charge in [-0.25, -0.2) is 0 Å². The fourth-order valence-corrected chi connectivity index (χ4v) is 10.5. The lowest BCUT2D eigenvalue weighted by atomic mass is 9.39. The van der Waals surface area contributed by atoms with Crippen LogP contribution in [0.4, 0.5) is 0 Å². The Kier molecular flexibility index (Phi) is 6.31. The molecule has 1 saturated heterocycles. The van der Waals surface area contributed by atoms with E-state index in [0.717, 1.165) is 50.0 Å². The Morgan fingerprint density at radius 2 is 1.64 bits per heavy atom. The van der Waals surface area contributed by atoms with Crippen molar-refractivity contribution in [3.05, 3.63) is 0 Å². The molecule has 1 unspecified atom stereocenters. The normalized spacial score (nSPS) is 52.2. The van der Waals surface area contributed by atoms with E-state index in [4.69, 9.17) is 4.74 Å². The number of hydrogen-bond acceptors (Lipinski definition) is 3. The standard InChI is InChI=1S/C30H52O3/c1-20(2)7-6-8-21(3)24-12-15-29(18-23-19-33-23)25-10-13-27(4)17-22(31)9-16-30(27,32)26(25)11-14-28(24,29)5/h20-26,31-32H,6-19H2,1-5H3/t21-,22+,23?,24-,25-,26+,27+,28-,29-,30+/m1/s1. The molecule has 1 heterocycles. The largest absolute Gasteiger partial charge is 0.393 e. The van der Waals surface area contributed by atoms with Crippen LogP contribution in [0.2, 0.25) is 0 Å². The van der Waals surface area contributed by atoms with Gasteiger partial charge in [-0.05, 0) is 110 Å². The molecule has 0 bridgehead atoms. The molecule has 2 N–H and O–H groups in total. The predicted octanol–water partition coefficient (Wildman–Crippen LogP) is 6.74. The highest BCUT2D eigenvalue weighted by Crippen LogP contribution is 2.75. The van der Waals surface area contributed by atoms with Crippen LogP contribution in [0.25, 0.3) is 0 Å². The first kappa shape index (κ1) is 24.6. The van der Waals surface area contributed by atoms with Gasteiger partial charge in [0, 0.05) is 0 Å². The van der Waals surface area contributed by atoms with Crippen molar-refractivity contribution in [1.82, 2.24) is 0 Å². The zero-order valence-corrected chi connectivity index (χ0v) is 22.2. The van der Waals surface area contributed by atoms with E-state index in [1.54, 1.807) is 0 Å². The van der Waals surface area contributed by atoms with Crippen molar-refractivity contribution in [2.24, 2.45) is 45.8 Å². The molecular weight excluding hydrogens is 408 g/mol. The predicted molar refractivity (Wildman–Crippen MR) is 134 cm³/mol. The van der Waals surface area contributed by atoms with E-state index in [1.807, 2.05) is 0 Å². The van der Waals surface area contributed by atoms with Gasteiger partial charge in [0.05, 0.1) is 24.4 Å². The number of fused-ring (bicyclic) bond motifs is 5. The van der Waals surface area contributed by atoms with Crippen LogP contribution in [0, 0.1) is 45.8 Å². The van der Waals surface area contributed by atoms with Crippen molar-refractivity contribution >= 4 is 0 Å². The summed E-state index contributed by atoms with van der Waals surface area (Å²) >= 11 is 0. The van der Waals surface area contributed by atoms with Gasteiger partial charge >= 0.3 is 0 Å². The number of aliphatic hydroxyl groups is 2. The highest BCUT2D eigenvalue weighted by molar-refractivity contribution is 5.20. The van der Waals surface area contributed by atoms with Crippen LogP contribution in [0.15, 0.2) is 0 Å². The summed E-state index contributed by atoms with van der Waals surface area (Å²) in [6.07, 6.45) is 15.5. The van der Waals surface area contributed by atoms with Gasteiger partial charge in [0.15, 0.2) is 0 Å². The monoisotopic (exact) mass is 460 g/mol. The molecule has 33 heavy (non-hydrogen) atoms. The Labute approximate surface area is 203 Å².